The second kappa shape index (κ2) is 14.9. The van der Waals surface area contributed by atoms with Crippen LogP contribution in [0.2, 0.25) is 6.04 Å². The third kappa shape index (κ3) is 7.08. The normalized spacial score (nSPS) is 11.6. The van der Waals surface area contributed by atoms with Gasteiger partial charge in [0.05, 0.1) is 21.0 Å². The van der Waals surface area contributed by atoms with Crippen molar-refractivity contribution in [2.45, 2.75) is 31.5 Å². The number of nitrogens with zero attached hydrogens (tertiary/aromatic N) is 2. The Kier molecular flexibility index (Phi) is 10.7. The molecule has 0 saturated carbocycles. The second-order valence-corrected chi connectivity index (χ2v) is 12.1. The van der Waals surface area contributed by atoms with Gasteiger partial charge in [-0.1, -0.05) is 151 Å². The Balaban J connectivity index is 0.000000210. The van der Waals surface area contributed by atoms with E-state index in [2.05, 4.69) is 151 Å². The van der Waals surface area contributed by atoms with Crippen molar-refractivity contribution < 1.29 is 0 Å². The van der Waals surface area contributed by atoms with E-state index in [1.807, 2.05) is 30.6 Å². The highest BCUT2D eigenvalue weighted by molar-refractivity contribution is 6.89. The Hall–Kier alpha value is -4.15. The number of aromatic nitrogens is 2. The highest BCUT2D eigenvalue weighted by atomic mass is 28.2. The maximum atomic E-state index is 4.37. The first-order valence-corrected chi connectivity index (χ1v) is 15.9. The minimum Gasteiger partial charge on any atom is -0.327 e. The van der Waals surface area contributed by atoms with E-state index in [1.54, 1.807) is 0 Å². The summed E-state index contributed by atoms with van der Waals surface area (Å²) in [7, 11) is -0.560. The molecular weight excluding hydrogens is 499 g/mol. The summed E-state index contributed by atoms with van der Waals surface area (Å²) in [6.07, 6.45) is 9.46. The van der Waals surface area contributed by atoms with Gasteiger partial charge in [-0.2, -0.15) is 0 Å². The van der Waals surface area contributed by atoms with E-state index in [4.69, 9.17) is 0 Å². The summed E-state index contributed by atoms with van der Waals surface area (Å²) in [6, 6.07) is 43.9. The van der Waals surface area contributed by atoms with Crippen molar-refractivity contribution >= 4 is 27.2 Å². The van der Waals surface area contributed by atoms with E-state index in [9.17, 15) is 0 Å². The van der Waals surface area contributed by atoms with Crippen LogP contribution < -0.4 is 10.9 Å². The summed E-state index contributed by atoms with van der Waals surface area (Å²) in [6.45, 7) is 8.69. The Morgan fingerprint density at radius 1 is 0.800 bits per heavy atom. The molecule has 0 bridgehead atoms. The summed E-state index contributed by atoms with van der Waals surface area (Å²) in [5.41, 5.74) is 6.80. The molecule has 0 atom stereocenters. The number of hydrogen-bond donors (Lipinski definition) is 0. The Labute approximate surface area is 243 Å². The lowest BCUT2D eigenvalue weighted by molar-refractivity contribution is 0.592. The average Bonchev–Trinajstić information content (AvgIpc) is 3.56. The monoisotopic (exact) mass is 538 g/mol. The summed E-state index contributed by atoms with van der Waals surface area (Å²) in [5.74, 6) is 1.99. The molecule has 4 heteroatoms. The van der Waals surface area contributed by atoms with E-state index in [0.29, 0.717) is 6.71 Å². The van der Waals surface area contributed by atoms with E-state index >= 15 is 0 Å². The molecular formula is C36H39BN2Si. The van der Waals surface area contributed by atoms with Crippen LogP contribution in [0.1, 0.15) is 31.4 Å². The van der Waals surface area contributed by atoms with Crippen molar-refractivity contribution in [3.05, 3.63) is 175 Å². The molecule has 200 valence electrons. The van der Waals surface area contributed by atoms with Gasteiger partial charge in [0.15, 0.2) is 0 Å². The molecule has 0 amide bonds. The van der Waals surface area contributed by atoms with Crippen LogP contribution in [-0.2, 0) is 5.16 Å². The van der Waals surface area contributed by atoms with Crippen LogP contribution in [0.4, 0.5) is 0 Å². The molecule has 40 heavy (non-hydrogen) atoms. The van der Waals surface area contributed by atoms with Gasteiger partial charge in [-0.05, 0) is 30.5 Å². The van der Waals surface area contributed by atoms with Crippen molar-refractivity contribution in [3.8, 4) is 0 Å². The summed E-state index contributed by atoms with van der Waals surface area (Å²) in [4.78, 5) is 4.37. The SMILES string of the molecule is C=CB(c1ccccc1)c1ccccc1.CCC=C(C)C[SiH2]C(c1ccccc1)(c1ccccc1)n1ccnc1. The van der Waals surface area contributed by atoms with Crippen LogP contribution in [0.15, 0.2) is 164 Å². The van der Waals surface area contributed by atoms with E-state index in [-0.39, 0.29) is 5.16 Å². The third-order valence-electron chi connectivity index (χ3n) is 7.43. The zero-order valence-electron chi connectivity index (χ0n) is 23.7. The first-order valence-electron chi connectivity index (χ1n) is 14.2. The Morgan fingerprint density at radius 2 is 1.27 bits per heavy atom. The third-order valence-corrected chi connectivity index (χ3v) is 10.4. The molecule has 0 aliphatic carbocycles. The number of imidazole rings is 1. The van der Waals surface area contributed by atoms with Crippen molar-refractivity contribution in [3.63, 3.8) is 0 Å². The largest absolute Gasteiger partial charge is 0.327 e. The van der Waals surface area contributed by atoms with Gasteiger partial charge in [-0.15, -0.1) is 12.6 Å². The van der Waals surface area contributed by atoms with Gasteiger partial charge >= 0.3 is 0 Å². The zero-order chi connectivity index (χ0) is 28.0. The maximum absolute atomic E-state index is 4.37. The number of allylic oxidation sites excluding steroid dienone is 2. The lowest BCUT2D eigenvalue weighted by atomic mass is 9.41. The van der Waals surface area contributed by atoms with E-state index in [0.717, 1.165) is 6.42 Å². The highest BCUT2D eigenvalue weighted by Gasteiger charge is 2.35. The number of hydrogen-bond acceptors (Lipinski definition) is 1. The molecule has 0 aliphatic rings. The fourth-order valence-electron chi connectivity index (χ4n) is 5.41. The predicted molar refractivity (Wildman–Crippen MR) is 177 cm³/mol. The quantitative estimate of drug-likeness (QED) is 0.145. The van der Waals surface area contributed by atoms with Gasteiger partial charge in [-0.25, -0.2) is 4.98 Å². The molecule has 0 saturated heterocycles. The second-order valence-electron chi connectivity index (χ2n) is 10.1. The van der Waals surface area contributed by atoms with Crippen LogP contribution in [0.25, 0.3) is 0 Å². The molecule has 0 unspecified atom stereocenters. The van der Waals surface area contributed by atoms with Gasteiger partial charge in [0.25, 0.3) is 0 Å². The smallest absolute Gasteiger partial charge is 0.233 e. The van der Waals surface area contributed by atoms with Gasteiger partial charge in [0.1, 0.15) is 0 Å². The summed E-state index contributed by atoms with van der Waals surface area (Å²) in [5, 5.41) is -0.109. The van der Waals surface area contributed by atoms with Crippen LogP contribution in [0.3, 0.4) is 0 Å². The average molecular weight is 539 g/mol. The van der Waals surface area contributed by atoms with Crippen molar-refractivity contribution in [1.82, 2.24) is 9.55 Å². The topological polar surface area (TPSA) is 17.8 Å². The minimum atomic E-state index is -0.560. The lowest BCUT2D eigenvalue weighted by Gasteiger charge is -2.37. The minimum absolute atomic E-state index is 0.109. The molecule has 5 rings (SSSR count). The Morgan fingerprint density at radius 3 is 1.68 bits per heavy atom. The molecule has 1 aromatic heterocycles. The number of rotatable bonds is 10. The van der Waals surface area contributed by atoms with Crippen molar-refractivity contribution in [1.29, 1.82) is 0 Å². The molecule has 0 spiro atoms. The maximum Gasteiger partial charge on any atom is 0.233 e. The molecule has 1 heterocycles. The lowest BCUT2D eigenvalue weighted by Crippen LogP contribution is -2.41. The van der Waals surface area contributed by atoms with Crippen LogP contribution in [0, 0.1) is 0 Å². The molecule has 0 aliphatic heterocycles. The van der Waals surface area contributed by atoms with Gasteiger partial charge in [0.2, 0.25) is 6.71 Å². The van der Waals surface area contributed by atoms with Crippen LogP contribution in [0.5, 0.6) is 0 Å². The predicted octanol–water partition coefficient (Wildman–Crippen LogP) is 6.60. The fraction of sp³-hybridized carbons (Fsp3) is 0.139. The molecule has 4 aromatic carbocycles. The number of benzene rings is 4. The fourth-order valence-corrected chi connectivity index (χ4v) is 7.86. The van der Waals surface area contributed by atoms with Crippen LogP contribution in [-0.4, -0.2) is 25.8 Å². The molecule has 0 N–H and O–H groups in total. The van der Waals surface area contributed by atoms with Crippen molar-refractivity contribution in [2.24, 2.45) is 0 Å². The van der Waals surface area contributed by atoms with E-state index < -0.39 is 9.52 Å². The molecule has 5 aromatic rings. The highest BCUT2D eigenvalue weighted by Crippen LogP contribution is 2.34. The molecule has 2 nitrogen and oxygen atoms in total. The van der Waals surface area contributed by atoms with E-state index in [1.165, 1.54) is 33.7 Å². The van der Waals surface area contributed by atoms with Gasteiger partial charge < -0.3 is 4.57 Å². The molecule has 0 radical (unpaired) electrons. The summed E-state index contributed by atoms with van der Waals surface area (Å²) < 4.78 is 2.32. The standard InChI is InChI=1S/C22H26N2Si.C14H13B/c1-3-10-19(2)17-25-22(24-16-15-23-18-24,20-11-6-4-7-12-20)21-13-8-5-9-14-21;1-2-15(13-9-5-3-6-10-13)14-11-7-4-8-12-14/h4-16,18H,3,17,25H2,1-2H3;2-12H,1H2. The molecule has 0 fully saturated rings. The van der Waals surface area contributed by atoms with Crippen molar-refractivity contribution in [2.75, 3.05) is 0 Å². The van der Waals surface area contributed by atoms with Gasteiger partial charge in [0, 0.05) is 12.4 Å². The summed E-state index contributed by atoms with van der Waals surface area (Å²) >= 11 is 0. The zero-order valence-corrected chi connectivity index (χ0v) is 25.1. The van der Waals surface area contributed by atoms with Crippen LogP contribution >= 0.6 is 0 Å². The Bertz CT molecular complexity index is 1360. The first-order chi connectivity index (χ1) is 19.7. The first kappa shape index (κ1) is 28.8. The van der Waals surface area contributed by atoms with Gasteiger partial charge in [-0.3, -0.25) is 0 Å².